The number of hydrogen-bond acceptors (Lipinski definition) is 4. The van der Waals surface area contributed by atoms with Gasteiger partial charge in [-0.05, 0) is 19.8 Å². The maximum atomic E-state index is 5.76. The summed E-state index contributed by atoms with van der Waals surface area (Å²) < 4.78 is 0. The first-order chi connectivity index (χ1) is 7.20. The predicted octanol–water partition coefficient (Wildman–Crippen LogP) is 2.19. The van der Waals surface area contributed by atoms with Crippen molar-refractivity contribution in [3.05, 3.63) is 12.4 Å². The summed E-state index contributed by atoms with van der Waals surface area (Å²) in [6.45, 7) is 2.24. The van der Waals surface area contributed by atoms with Gasteiger partial charge in [0.1, 0.15) is 0 Å². The maximum Gasteiger partial charge on any atom is 0.169 e. The van der Waals surface area contributed by atoms with E-state index in [9.17, 15) is 0 Å². The number of nitrogens with zero attached hydrogens (tertiary/aromatic N) is 2. The molecule has 1 heterocycles. The molecule has 0 saturated heterocycles. The first kappa shape index (κ1) is 10.2. The number of hydrogen-bond donors (Lipinski definition) is 2. The van der Waals surface area contributed by atoms with E-state index in [0.29, 0.717) is 5.82 Å². The van der Waals surface area contributed by atoms with Crippen LogP contribution in [0.15, 0.2) is 12.4 Å². The highest BCUT2D eigenvalue weighted by Gasteiger charge is 2.27. The largest absolute Gasteiger partial charge is 0.381 e. The van der Waals surface area contributed by atoms with Crippen LogP contribution in [0.5, 0.6) is 0 Å². The number of anilines is 2. The highest BCUT2D eigenvalue weighted by atomic mass is 15.1. The van der Waals surface area contributed by atoms with E-state index >= 15 is 0 Å². The molecule has 1 aliphatic carbocycles. The molecule has 1 aromatic heterocycles. The van der Waals surface area contributed by atoms with Crippen LogP contribution in [0, 0.1) is 0 Å². The number of nitrogen functional groups attached to an aromatic ring is 1. The Morgan fingerprint density at radius 2 is 1.87 bits per heavy atom. The van der Waals surface area contributed by atoms with Crippen LogP contribution in [0.4, 0.5) is 11.6 Å². The second kappa shape index (κ2) is 4.04. The van der Waals surface area contributed by atoms with Gasteiger partial charge in [-0.3, -0.25) is 0 Å². The van der Waals surface area contributed by atoms with Crippen LogP contribution in [-0.2, 0) is 0 Å². The number of nitrogens with one attached hydrogen (secondary N) is 1. The van der Waals surface area contributed by atoms with E-state index in [-0.39, 0.29) is 5.54 Å². The zero-order valence-corrected chi connectivity index (χ0v) is 9.16. The predicted molar refractivity (Wildman–Crippen MR) is 61.6 cm³/mol. The number of nitrogens with two attached hydrogens (primary N) is 1. The Balaban J connectivity index is 2.10. The smallest absolute Gasteiger partial charge is 0.169 e. The molecular weight excluding hydrogens is 188 g/mol. The van der Waals surface area contributed by atoms with Crippen LogP contribution >= 0.6 is 0 Å². The average Bonchev–Trinajstić information content (AvgIpc) is 2.22. The van der Waals surface area contributed by atoms with Gasteiger partial charge in [-0.2, -0.15) is 0 Å². The van der Waals surface area contributed by atoms with Gasteiger partial charge >= 0.3 is 0 Å². The molecule has 82 valence electrons. The molecule has 0 spiro atoms. The van der Waals surface area contributed by atoms with E-state index in [2.05, 4.69) is 22.2 Å². The average molecular weight is 206 g/mol. The van der Waals surface area contributed by atoms with E-state index in [4.69, 9.17) is 5.73 Å². The van der Waals surface area contributed by atoms with Crippen LogP contribution in [0.25, 0.3) is 0 Å². The summed E-state index contributed by atoms with van der Waals surface area (Å²) in [5.41, 5.74) is 5.90. The molecule has 1 aromatic rings. The fourth-order valence-corrected chi connectivity index (χ4v) is 2.19. The molecular formula is C11H18N4. The maximum absolute atomic E-state index is 5.76. The molecule has 4 nitrogen and oxygen atoms in total. The first-order valence-corrected chi connectivity index (χ1v) is 5.54. The van der Waals surface area contributed by atoms with Gasteiger partial charge in [0.25, 0.3) is 0 Å². The van der Waals surface area contributed by atoms with Crippen molar-refractivity contribution in [2.75, 3.05) is 11.1 Å². The van der Waals surface area contributed by atoms with Gasteiger partial charge in [0.15, 0.2) is 11.6 Å². The lowest BCUT2D eigenvalue weighted by Gasteiger charge is -2.35. The standard InChI is InChI=1S/C11H18N4/c1-11(5-3-2-4-6-11)15-10-9(12)13-7-8-14-10/h7-8H,2-6H2,1H3,(H2,12,13)(H,14,15). The minimum Gasteiger partial charge on any atom is -0.381 e. The van der Waals surface area contributed by atoms with Gasteiger partial charge in [-0.25, -0.2) is 9.97 Å². The van der Waals surface area contributed by atoms with E-state index in [1.807, 2.05) is 0 Å². The third-order valence-electron chi connectivity index (χ3n) is 3.10. The number of aromatic nitrogens is 2. The topological polar surface area (TPSA) is 63.8 Å². The van der Waals surface area contributed by atoms with Crippen molar-refractivity contribution in [2.45, 2.75) is 44.6 Å². The first-order valence-electron chi connectivity index (χ1n) is 5.54. The Hall–Kier alpha value is -1.32. The van der Waals surface area contributed by atoms with Crippen molar-refractivity contribution < 1.29 is 0 Å². The monoisotopic (exact) mass is 206 g/mol. The van der Waals surface area contributed by atoms with Crippen LogP contribution < -0.4 is 11.1 Å². The van der Waals surface area contributed by atoms with Crippen molar-refractivity contribution in [2.24, 2.45) is 0 Å². The Labute approximate surface area is 90.3 Å². The molecule has 3 N–H and O–H groups in total. The Kier molecular flexibility index (Phi) is 2.75. The van der Waals surface area contributed by atoms with Gasteiger partial charge in [-0.15, -0.1) is 0 Å². The Morgan fingerprint density at radius 1 is 1.20 bits per heavy atom. The van der Waals surface area contributed by atoms with Crippen molar-refractivity contribution in [1.82, 2.24) is 9.97 Å². The molecule has 1 saturated carbocycles. The summed E-state index contributed by atoms with van der Waals surface area (Å²) in [5, 5.41) is 3.43. The molecule has 0 aliphatic heterocycles. The molecule has 0 bridgehead atoms. The van der Waals surface area contributed by atoms with Gasteiger partial charge < -0.3 is 11.1 Å². The molecule has 0 atom stereocenters. The highest BCUT2D eigenvalue weighted by Crippen LogP contribution is 2.31. The Morgan fingerprint density at radius 3 is 2.53 bits per heavy atom. The van der Waals surface area contributed by atoms with Crippen LogP contribution in [0.3, 0.4) is 0 Å². The summed E-state index contributed by atoms with van der Waals surface area (Å²) in [6.07, 6.45) is 9.56. The molecule has 2 rings (SSSR count). The molecule has 0 radical (unpaired) electrons. The minimum atomic E-state index is 0.141. The van der Waals surface area contributed by atoms with Gasteiger partial charge in [0.2, 0.25) is 0 Å². The van der Waals surface area contributed by atoms with Crippen molar-refractivity contribution in [1.29, 1.82) is 0 Å². The third-order valence-corrected chi connectivity index (χ3v) is 3.10. The lowest BCUT2D eigenvalue weighted by atomic mass is 9.83. The fourth-order valence-electron chi connectivity index (χ4n) is 2.19. The summed E-state index contributed by atoms with van der Waals surface area (Å²) in [7, 11) is 0. The fraction of sp³-hybridized carbons (Fsp3) is 0.636. The second-order valence-corrected chi connectivity index (χ2v) is 4.54. The molecule has 1 fully saturated rings. The van der Waals surface area contributed by atoms with E-state index < -0.39 is 0 Å². The zero-order chi connectivity index (χ0) is 10.7. The van der Waals surface area contributed by atoms with Gasteiger partial charge in [0, 0.05) is 17.9 Å². The highest BCUT2D eigenvalue weighted by molar-refractivity contribution is 5.56. The van der Waals surface area contributed by atoms with E-state index in [0.717, 1.165) is 5.82 Å². The number of rotatable bonds is 2. The summed E-state index contributed by atoms with van der Waals surface area (Å²) >= 11 is 0. The lowest BCUT2D eigenvalue weighted by Crippen LogP contribution is -2.37. The van der Waals surface area contributed by atoms with E-state index in [1.165, 1.54) is 32.1 Å². The van der Waals surface area contributed by atoms with Crippen molar-refractivity contribution in [3.63, 3.8) is 0 Å². The third kappa shape index (κ3) is 2.37. The molecule has 0 amide bonds. The molecule has 15 heavy (non-hydrogen) atoms. The van der Waals surface area contributed by atoms with Crippen LogP contribution in [0.1, 0.15) is 39.0 Å². The van der Waals surface area contributed by atoms with Gasteiger partial charge in [0.05, 0.1) is 0 Å². The zero-order valence-electron chi connectivity index (χ0n) is 9.16. The summed E-state index contributed by atoms with van der Waals surface area (Å²) in [4.78, 5) is 8.25. The molecule has 0 unspecified atom stereocenters. The van der Waals surface area contributed by atoms with Crippen LogP contribution in [0.2, 0.25) is 0 Å². The summed E-state index contributed by atoms with van der Waals surface area (Å²) in [5.74, 6) is 1.21. The lowest BCUT2D eigenvalue weighted by molar-refractivity contribution is 0.348. The SMILES string of the molecule is CC1(Nc2nccnc2N)CCCCC1. The molecule has 1 aliphatic rings. The van der Waals surface area contributed by atoms with E-state index in [1.54, 1.807) is 12.4 Å². The quantitative estimate of drug-likeness (QED) is 0.778. The van der Waals surface area contributed by atoms with Crippen molar-refractivity contribution >= 4 is 11.6 Å². The normalized spacial score (nSPS) is 19.8. The molecule has 0 aromatic carbocycles. The van der Waals surface area contributed by atoms with Gasteiger partial charge in [-0.1, -0.05) is 19.3 Å². The summed E-state index contributed by atoms with van der Waals surface area (Å²) in [6, 6.07) is 0. The Bertz CT molecular complexity index is 331. The minimum absolute atomic E-state index is 0.141. The van der Waals surface area contributed by atoms with Crippen LogP contribution in [-0.4, -0.2) is 15.5 Å². The second-order valence-electron chi connectivity index (χ2n) is 4.54. The molecule has 4 heteroatoms. The van der Waals surface area contributed by atoms with Crippen molar-refractivity contribution in [3.8, 4) is 0 Å².